The summed E-state index contributed by atoms with van der Waals surface area (Å²) >= 11 is 0. The average Bonchev–Trinajstić information content (AvgIpc) is 3.12. The van der Waals surface area contributed by atoms with E-state index in [-0.39, 0.29) is 12.5 Å². The quantitative estimate of drug-likeness (QED) is 0.513. The van der Waals surface area contributed by atoms with Gasteiger partial charge in [-0.3, -0.25) is 9.36 Å². The summed E-state index contributed by atoms with van der Waals surface area (Å²) in [5.74, 6) is 0.863. The molecule has 5 nitrogen and oxygen atoms in total. The average molecular weight is 385 g/mol. The molecule has 4 rings (SSSR count). The van der Waals surface area contributed by atoms with Crippen LogP contribution in [0.25, 0.3) is 16.7 Å². The van der Waals surface area contributed by atoms with Crippen molar-refractivity contribution in [1.29, 1.82) is 0 Å². The van der Waals surface area contributed by atoms with Gasteiger partial charge in [0, 0.05) is 24.9 Å². The van der Waals surface area contributed by atoms with E-state index < -0.39 is 0 Å². The SMILES string of the molecule is COCC(=O)Nc1cccc(CCc2nc3ccccc3n2-c2ccccc2)c1. The number of amides is 1. The molecule has 0 fully saturated rings. The van der Waals surface area contributed by atoms with Crippen molar-refractivity contribution >= 4 is 22.6 Å². The molecule has 0 atom stereocenters. The second kappa shape index (κ2) is 8.71. The molecule has 0 aliphatic rings. The van der Waals surface area contributed by atoms with E-state index in [2.05, 4.69) is 34.1 Å². The summed E-state index contributed by atoms with van der Waals surface area (Å²) in [5, 5.41) is 2.86. The summed E-state index contributed by atoms with van der Waals surface area (Å²) in [6.07, 6.45) is 1.61. The predicted octanol–water partition coefficient (Wildman–Crippen LogP) is 4.40. The number of carbonyl (C=O) groups excluding carboxylic acids is 1. The highest BCUT2D eigenvalue weighted by Crippen LogP contribution is 2.23. The Hall–Kier alpha value is -3.44. The van der Waals surface area contributed by atoms with Gasteiger partial charge in [-0.2, -0.15) is 0 Å². The molecule has 0 radical (unpaired) electrons. The number of carbonyl (C=O) groups is 1. The summed E-state index contributed by atoms with van der Waals surface area (Å²) in [4.78, 5) is 16.6. The summed E-state index contributed by atoms with van der Waals surface area (Å²) < 4.78 is 7.09. The van der Waals surface area contributed by atoms with Crippen molar-refractivity contribution in [2.24, 2.45) is 0 Å². The van der Waals surface area contributed by atoms with Crippen LogP contribution in [0.1, 0.15) is 11.4 Å². The van der Waals surface area contributed by atoms with Crippen molar-refractivity contribution in [1.82, 2.24) is 9.55 Å². The zero-order valence-electron chi connectivity index (χ0n) is 16.3. The molecular weight excluding hydrogens is 362 g/mol. The number of nitrogens with zero attached hydrogens (tertiary/aromatic N) is 2. The molecule has 29 heavy (non-hydrogen) atoms. The topological polar surface area (TPSA) is 56.1 Å². The molecule has 1 N–H and O–H groups in total. The van der Waals surface area contributed by atoms with Gasteiger partial charge in [0.1, 0.15) is 12.4 Å². The lowest BCUT2D eigenvalue weighted by Gasteiger charge is -2.10. The number of hydrogen-bond acceptors (Lipinski definition) is 3. The number of rotatable bonds is 7. The minimum absolute atomic E-state index is 0.0470. The lowest BCUT2D eigenvalue weighted by Crippen LogP contribution is -2.17. The number of nitrogens with one attached hydrogen (secondary N) is 1. The number of anilines is 1. The van der Waals surface area contributed by atoms with Crippen LogP contribution in [0.2, 0.25) is 0 Å². The number of imidazole rings is 1. The van der Waals surface area contributed by atoms with Crippen molar-refractivity contribution in [3.8, 4) is 5.69 Å². The second-order valence-electron chi connectivity index (χ2n) is 6.87. The number of aromatic nitrogens is 2. The van der Waals surface area contributed by atoms with Crippen LogP contribution in [0.3, 0.4) is 0 Å². The number of fused-ring (bicyclic) bond motifs is 1. The molecular formula is C24H23N3O2. The normalized spacial score (nSPS) is 10.9. The highest BCUT2D eigenvalue weighted by molar-refractivity contribution is 5.91. The number of aryl methyl sites for hydroxylation is 2. The first kappa shape index (κ1) is 18.9. The van der Waals surface area contributed by atoms with E-state index >= 15 is 0 Å². The minimum atomic E-state index is -0.157. The van der Waals surface area contributed by atoms with Crippen LogP contribution in [0.4, 0.5) is 5.69 Å². The van der Waals surface area contributed by atoms with Gasteiger partial charge in [-0.1, -0.05) is 42.5 Å². The molecule has 0 saturated heterocycles. The molecule has 0 spiro atoms. The third-order valence-electron chi connectivity index (χ3n) is 4.77. The maximum absolute atomic E-state index is 11.8. The van der Waals surface area contributed by atoms with Crippen molar-refractivity contribution in [3.63, 3.8) is 0 Å². The Bertz CT molecular complexity index is 1120. The van der Waals surface area contributed by atoms with Crippen molar-refractivity contribution in [2.45, 2.75) is 12.8 Å². The minimum Gasteiger partial charge on any atom is -0.375 e. The summed E-state index contributed by atoms with van der Waals surface area (Å²) in [7, 11) is 1.51. The van der Waals surface area contributed by atoms with Gasteiger partial charge in [-0.15, -0.1) is 0 Å². The van der Waals surface area contributed by atoms with E-state index in [0.29, 0.717) is 0 Å². The highest BCUT2D eigenvalue weighted by atomic mass is 16.5. The molecule has 5 heteroatoms. The zero-order chi connectivity index (χ0) is 20.1. The van der Waals surface area contributed by atoms with Crippen LogP contribution in [-0.2, 0) is 22.4 Å². The van der Waals surface area contributed by atoms with Crippen LogP contribution in [0, 0.1) is 0 Å². The molecule has 0 aliphatic carbocycles. The van der Waals surface area contributed by atoms with Crippen molar-refractivity contribution in [3.05, 3.63) is 90.3 Å². The third kappa shape index (κ3) is 4.36. The number of ether oxygens (including phenoxy) is 1. The van der Waals surface area contributed by atoms with Crippen molar-refractivity contribution < 1.29 is 9.53 Å². The summed E-state index contributed by atoms with van der Waals surface area (Å²) in [6.45, 7) is 0.0470. The Kier molecular flexibility index (Phi) is 5.68. The number of para-hydroxylation sites is 3. The Morgan fingerprint density at radius 1 is 0.966 bits per heavy atom. The zero-order valence-corrected chi connectivity index (χ0v) is 16.3. The molecule has 0 unspecified atom stereocenters. The summed E-state index contributed by atoms with van der Waals surface area (Å²) in [6, 6.07) is 26.4. The molecule has 0 bridgehead atoms. The van der Waals surface area contributed by atoms with Crippen LogP contribution in [0.5, 0.6) is 0 Å². The molecule has 1 heterocycles. The Morgan fingerprint density at radius 2 is 1.76 bits per heavy atom. The molecule has 1 amide bonds. The fourth-order valence-corrected chi connectivity index (χ4v) is 3.50. The van der Waals surface area contributed by atoms with Gasteiger partial charge in [0.05, 0.1) is 11.0 Å². The van der Waals surface area contributed by atoms with E-state index in [1.54, 1.807) is 0 Å². The second-order valence-corrected chi connectivity index (χ2v) is 6.87. The third-order valence-corrected chi connectivity index (χ3v) is 4.77. The van der Waals surface area contributed by atoms with Crippen LogP contribution in [-0.4, -0.2) is 29.2 Å². The Morgan fingerprint density at radius 3 is 2.59 bits per heavy atom. The largest absolute Gasteiger partial charge is 0.375 e. The van der Waals surface area contributed by atoms with Gasteiger partial charge in [-0.25, -0.2) is 4.98 Å². The van der Waals surface area contributed by atoms with Gasteiger partial charge < -0.3 is 10.1 Å². The van der Waals surface area contributed by atoms with Crippen LogP contribution >= 0.6 is 0 Å². The van der Waals surface area contributed by atoms with E-state index in [1.807, 2.05) is 54.6 Å². The lowest BCUT2D eigenvalue weighted by molar-refractivity contribution is -0.119. The van der Waals surface area contributed by atoms with Gasteiger partial charge in [0.25, 0.3) is 0 Å². The number of benzene rings is 3. The fourth-order valence-electron chi connectivity index (χ4n) is 3.50. The van der Waals surface area contributed by atoms with Gasteiger partial charge in [0.2, 0.25) is 5.91 Å². The standard InChI is InChI=1S/C24H23N3O2/c1-29-17-24(28)25-19-9-7-8-18(16-19)14-15-23-26-21-12-5-6-13-22(21)27(23)20-10-3-2-4-11-20/h2-13,16H,14-15,17H2,1H3,(H,25,28). The molecule has 0 aliphatic heterocycles. The van der Waals surface area contributed by atoms with E-state index in [4.69, 9.17) is 9.72 Å². The van der Waals surface area contributed by atoms with Gasteiger partial charge in [0.15, 0.2) is 0 Å². The Balaban J connectivity index is 1.59. The van der Waals surface area contributed by atoms with E-state index in [0.717, 1.165) is 46.6 Å². The van der Waals surface area contributed by atoms with E-state index in [1.165, 1.54) is 7.11 Å². The highest BCUT2D eigenvalue weighted by Gasteiger charge is 2.12. The first-order valence-electron chi connectivity index (χ1n) is 9.64. The lowest BCUT2D eigenvalue weighted by atomic mass is 10.1. The van der Waals surface area contributed by atoms with Crippen molar-refractivity contribution in [2.75, 3.05) is 19.0 Å². The predicted molar refractivity (Wildman–Crippen MR) is 115 cm³/mol. The van der Waals surface area contributed by atoms with Crippen LogP contribution < -0.4 is 5.32 Å². The monoisotopic (exact) mass is 385 g/mol. The fraction of sp³-hybridized carbons (Fsp3) is 0.167. The first-order chi connectivity index (χ1) is 14.2. The number of hydrogen-bond donors (Lipinski definition) is 1. The van der Waals surface area contributed by atoms with Gasteiger partial charge >= 0.3 is 0 Å². The first-order valence-corrected chi connectivity index (χ1v) is 9.64. The Labute approximate surface area is 170 Å². The molecule has 1 aromatic heterocycles. The molecule has 4 aromatic rings. The summed E-state index contributed by atoms with van der Waals surface area (Å²) in [5.41, 5.74) is 5.13. The van der Waals surface area contributed by atoms with Gasteiger partial charge in [-0.05, 0) is 48.4 Å². The smallest absolute Gasteiger partial charge is 0.250 e. The molecule has 3 aromatic carbocycles. The number of methoxy groups -OCH3 is 1. The molecule has 0 saturated carbocycles. The molecule has 146 valence electrons. The maximum atomic E-state index is 11.8. The van der Waals surface area contributed by atoms with E-state index in [9.17, 15) is 4.79 Å². The maximum Gasteiger partial charge on any atom is 0.250 e. The van der Waals surface area contributed by atoms with Crippen LogP contribution in [0.15, 0.2) is 78.9 Å².